The Balaban J connectivity index is 0. The van der Waals surface area contributed by atoms with Crippen molar-refractivity contribution in [1.29, 1.82) is 0 Å². The second-order valence-electron chi connectivity index (χ2n) is 5.84. The van der Waals surface area contributed by atoms with Crippen molar-refractivity contribution in [2.45, 2.75) is 103 Å². The van der Waals surface area contributed by atoms with Gasteiger partial charge in [0, 0.05) is 0 Å². The number of unbranched alkanes of at least 4 members (excludes halogenated alkanes) is 13. The van der Waals surface area contributed by atoms with Gasteiger partial charge in [0.05, 0.1) is 0 Å². The van der Waals surface area contributed by atoms with Crippen LogP contribution in [0.1, 0.15) is 103 Å². The Kier molecular flexibility index (Phi) is 22.1. The van der Waals surface area contributed by atoms with E-state index >= 15 is 0 Å². The maximum Gasteiger partial charge on any atom is -2.00 e. The predicted octanol–water partition coefficient (Wildman–Crippen LogP) is 5.37. The molecule has 3 nitrogen and oxygen atoms in total. The third-order valence-electron chi connectivity index (χ3n) is 3.87. The fourth-order valence-electron chi connectivity index (χ4n) is 2.52. The van der Waals surface area contributed by atoms with E-state index in [9.17, 15) is 4.79 Å². The van der Waals surface area contributed by atoms with Crippen LogP contribution in [0.25, 0.3) is 0 Å². The second-order valence-corrected chi connectivity index (χ2v) is 6.07. The molecule has 0 heterocycles. The monoisotopic (exact) mass is 312 g/mol. The van der Waals surface area contributed by atoms with Crippen molar-refractivity contribution < 1.29 is 14.1 Å². The molecule has 0 atom stereocenters. The summed E-state index contributed by atoms with van der Waals surface area (Å²) in [6.07, 6.45) is 19.4. The standard InChI is InChI=1S/C17H34O2.Al.O/c1-2-3-4-5-6-7-8-9-10-11-12-13-14-15-16-17(18)19;;/h2-16H2,1H3,(H,18,19);;/q;+3;-2/p-1. The van der Waals surface area contributed by atoms with E-state index in [0.717, 1.165) is 12.8 Å². The topological polar surface area (TPSA) is 54.8 Å². The van der Waals surface area contributed by atoms with Crippen molar-refractivity contribution >= 4 is 22.6 Å². The number of rotatable bonds is 15. The van der Waals surface area contributed by atoms with Crippen LogP contribution >= 0.6 is 0 Å². The molecule has 122 valence electrons. The van der Waals surface area contributed by atoms with Crippen molar-refractivity contribution in [3.05, 3.63) is 0 Å². The van der Waals surface area contributed by atoms with Gasteiger partial charge >= 0.3 is 95.4 Å². The number of hydrogen-bond acceptors (Lipinski definition) is 2. The molecule has 0 aliphatic heterocycles. The summed E-state index contributed by atoms with van der Waals surface area (Å²) in [7, 11) is 0. The van der Waals surface area contributed by atoms with Gasteiger partial charge in [-0.05, 0) is 0 Å². The van der Waals surface area contributed by atoms with Crippen LogP contribution < -0.4 is 0 Å². The van der Waals surface area contributed by atoms with Crippen LogP contribution in [0.15, 0.2) is 0 Å². The van der Waals surface area contributed by atoms with Crippen LogP contribution in [0, 0.1) is 0 Å². The molecule has 0 amide bonds. The molecule has 0 saturated heterocycles. The van der Waals surface area contributed by atoms with Crippen LogP contribution in [0.2, 0.25) is 0 Å². The zero-order valence-corrected chi connectivity index (χ0v) is 15.1. The SMILES string of the molecule is CCCCCCCCCCCCCCCCC(=O)[O][Al+2].[O-2]. The molecular formula is C17H33AlO3. The molecule has 4 heteroatoms. The summed E-state index contributed by atoms with van der Waals surface area (Å²) in [5, 5.41) is 0. The largest absolute Gasteiger partial charge is 2.00 e. The Labute approximate surface area is 140 Å². The van der Waals surface area contributed by atoms with Crippen LogP contribution in [0.5, 0.6) is 0 Å². The van der Waals surface area contributed by atoms with Gasteiger partial charge in [0.2, 0.25) is 0 Å². The molecule has 0 unspecified atom stereocenters. The van der Waals surface area contributed by atoms with Crippen molar-refractivity contribution in [3.8, 4) is 0 Å². The zero-order chi connectivity index (χ0) is 14.9. The second kappa shape index (κ2) is 20.0. The van der Waals surface area contributed by atoms with E-state index in [-0.39, 0.29) is 11.4 Å². The fraction of sp³-hybridized carbons (Fsp3) is 0.941. The quantitative estimate of drug-likeness (QED) is 0.302. The molecule has 0 fully saturated rings. The van der Waals surface area contributed by atoms with Crippen molar-refractivity contribution in [1.82, 2.24) is 0 Å². The molecular weight excluding hydrogens is 279 g/mol. The van der Waals surface area contributed by atoms with E-state index < -0.39 is 0 Å². The maximum absolute atomic E-state index is 10.9. The molecule has 0 aromatic rings. The molecule has 0 saturated carbocycles. The molecule has 0 spiro atoms. The Hall–Kier alpha value is -0.0375. The van der Waals surface area contributed by atoms with Crippen molar-refractivity contribution in [3.63, 3.8) is 0 Å². The van der Waals surface area contributed by atoms with E-state index in [1.165, 1.54) is 77.0 Å². The van der Waals surface area contributed by atoms with E-state index in [4.69, 9.17) is 0 Å². The molecule has 0 aliphatic carbocycles. The van der Waals surface area contributed by atoms with Gasteiger partial charge in [0.25, 0.3) is 0 Å². The summed E-state index contributed by atoms with van der Waals surface area (Å²) in [5.41, 5.74) is 0. The Morgan fingerprint density at radius 3 is 1.38 bits per heavy atom. The van der Waals surface area contributed by atoms with Crippen molar-refractivity contribution in [2.24, 2.45) is 0 Å². The van der Waals surface area contributed by atoms with E-state index in [0.29, 0.717) is 6.42 Å². The molecule has 0 aromatic heterocycles. The number of carbonyl (C=O) groups excluding carboxylic acids is 1. The average molecular weight is 312 g/mol. The molecule has 0 rings (SSSR count). The average Bonchev–Trinajstić information content (AvgIpc) is 2.47. The van der Waals surface area contributed by atoms with Gasteiger partial charge in [0.1, 0.15) is 0 Å². The molecule has 0 N–H and O–H groups in total. The van der Waals surface area contributed by atoms with Gasteiger partial charge in [-0.1, -0.05) is 39.0 Å². The summed E-state index contributed by atoms with van der Waals surface area (Å²) in [5.74, 6) is -0.103. The summed E-state index contributed by atoms with van der Waals surface area (Å²) in [6.45, 7) is 2.27. The Morgan fingerprint density at radius 1 is 0.714 bits per heavy atom. The van der Waals surface area contributed by atoms with Gasteiger partial charge in [-0.3, -0.25) is 0 Å². The first-order valence-corrected chi connectivity index (χ1v) is 9.18. The van der Waals surface area contributed by atoms with Crippen molar-refractivity contribution in [2.75, 3.05) is 0 Å². The van der Waals surface area contributed by atoms with Crippen LogP contribution in [0.3, 0.4) is 0 Å². The van der Waals surface area contributed by atoms with Gasteiger partial charge < -0.3 is 5.48 Å². The van der Waals surface area contributed by atoms with Gasteiger partial charge in [-0.2, -0.15) is 0 Å². The minimum atomic E-state index is -0.103. The Morgan fingerprint density at radius 2 is 1.05 bits per heavy atom. The number of carbonyl (C=O) groups is 1. The zero-order valence-electron chi connectivity index (χ0n) is 13.9. The molecule has 0 aliphatic rings. The first-order chi connectivity index (χ1) is 9.81. The molecule has 21 heavy (non-hydrogen) atoms. The third-order valence-corrected chi connectivity index (χ3v) is 4.13. The molecule has 0 bridgehead atoms. The first kappa shape index (κ1) is 23.2. The first-order valence-electron chi connectivity index (χ1n) is 8.70. The summed E-state index contributed by atoms with van der Waals surface area (Å²) >= 11 is 2.02. The molecule has 0 radical (unpaired) electrons. The Bertz CT molecular complexity index is 210. The van der Waals surface area contributed by atoms with E-state index in [1.807, 2.05) is 16.6 Å². The van der Waals surface area contributed by atoms with Gasteiger partial charge in [0.15, 0.2) is 0 Å². The van der Waals surface area contributed by atoms with E-state index in [2.05, 4.69) is 10.7 Å². The fourth-order valence-corrected chi connectivity index (χ4v) is 2.64. The van der Waals surface area contributed by atoms with Gasteiger partial charge in [-0.15, -0.1) is 0 Å². The maximum atomic E-state index is 10.9. The smallest absolute Gasteiger partial charge is 2.00 e. The minimum absolute atomic E-state index is 0. The van der Waals surface area contributed by atoms with Crippen LogP contribution in [0.4, 0.5) is 0 Å². The predicted molar refractivity (Wildman–Crippen MR) is 87.5 cm³/mol. The van der Waals surface area contributed by atoms with E-state index in [1.54, 1.807) is 0 Å². The van der Waals surface area contributed by atoms with Crippen LogP contribution in [-0.2, 0) is 14.1 Å². The third kappa shape index (κ3) is 20.0. The minimum Gasteiger partial charge on any atom is -2.00 e. The molecule has 0 aromatic carbocycles. The van der Waals surface area contributed by atoms with Crippen LogP contribution in [-0.4, -0.2) is 22.6 Å². The summed E-state index contributed by atoms with van der Waals surface area (Å²) in [4.78, 5) is 10.9. The number of hydrogen-bond donors (Lipinski definition) is 0. The summed E-state index contributed by atoms with van der Waals surface area (Å²) < 4.78 is 4.54. The normalized spacial score (nSPS) is 10.2. The summed E-state index contributed by atoms with van der Waals surface area (Å²) in [6, 6.07) is 0. The van der Waals surface area contributed by atoms with Gasteiger partial charge in [-0.25, -0.2) is 0 Å².